The monoisotopic (exact) mass is 391 g/mol. The maximum Gasteiger partial charge on any atom is 0.242 e. The zero-order valence-electron chi connectivity index (χ0n) is 12.9. The minimum atomic E-state index is -4.03. The number of nitrogens with one attached hydrogen (secondary N) is 1. The highest BCUT2D eigenvalue weighted by molar-refractivity contribution is 7.92. The zero-order valence-corrected chi connectivity index (χ0v) is 14.5. The van der Waals surface area contributed by atoms with Crippen LogP contribution in [-0.2, 0) is 20.4 Å². The highest BCUT2D eigenvalue weighted by atomic mass is 35.5. The maximum absolute atomic E-state index is 13.7. The van der Waals surface area contributed by atoms with Crippen LogP contribution in [0.1, 0.15) is 12.5 Å². The molecule has 0 radical (unpaired) electrons. The number of rotatable bonds is 5. The van der Waals surface area contributed by atoms with Crippen LogP contribution in [0.2, 0.25) is 5.02 Å². The van der Waals surface area contributed by atoms with Crippen molar-refractivity contribution in [3.63, 3.8) is 0 Å². The van der Waals surface area contributed by atoms with Crippen molar-refractivity contribution in [1.29, 1.82) is 0 Å². The molecule has 1 N–H and O–H groups in total. The van der Waals surface area contributed by atoms with Crippen LogP contribution < -0.4 is 5.32 Å². The summed E-state index contributed by atoms with van der Waals surface area (Å²) in [7, 11) is -4.03. The van der Waals surface area contributed by atoms with Crippen molar-refractivity contribution in [3.05, 3.63) is 64.4 Å². The second kappa shape index (κ2) is 7.45. The van der Waals surface area contributed by atoms with Gasteiger partial charge in [-0.25, -0.2) is 21.6 Å². The lowest BCUT2D eigenvalue weighted by Crippen LogP contribution is -2.33. The number of sulfone groups is 1. The van der Waals surface area contributed by atoms with E-state index < -0.39 is 44.2 Å². The molecule has 0 aromatic heterocycles. The van der Waals surface area contributed by atoms with Crippen LogP contribution in [0, 0.1) is 17.5 Å². The molecule has 4 nitrogen and oxygen atoms in total. The Balaban J connectivity index is 2.15. The molecule has 0 bridgehead atoms. The molecular formula is C16H13ClF3NO3S. The maximum atomic E-state index is 13.7. The summed E-state index contributed by atoms with van der Waals surface area (Å²) in [5, 5.41) is 0.752. The summed E-state index contributed by atoms with van der Waals surface area (Å²) in [5.74, 6) is -4.73. The fourth-order valence-electron chi connectivity index (χ4n) is 1.98. The summed E-state index contributed by atoms with van der Waals surface area (Å²) >= 11 is 5.60. The number of anilines is 1. The van der Waals surface area contributed by atoms with Gasteiger partial charge in [-0.15, -0.1) is 0 Å². The lowest BCUT2D eigenvalue weighted by molar-refractivity contribution is -0.115. The Kier molecular flexibility index (Phi) is 5.74. The number of halogens is 4. The van der Waals surface area contributed by atoms with E-state index in [0.717, 1.165) is 31.2 Å². The van der Waals surface area contributed by atoms with Crippen molar-refractivity contribution >= 4 is 33.0 Å². The predicted molar refractivity (Wildman–Crippen MR) is 88.5 cm³/mol. The summed E-state index contributed by atoms with van der Waals surface area (Å²) in [6, 6.07) is 6.16. The third kappa shape index (κ3) is 4.73. The molecule has 25 heavy (non-hydrogen) atoms. The van der Waals surface area contributed by atoms with Gasteiger partial charge in [0.1, 0.15) is 11.1 Å². The first kappa shape index (κ1) is 19.3. The summed E-state index contributed by atoms with van der Waals surface area (Å²) < 4.78 is 64.3. The standard InChI is InChI=1S/C16H13ClF3NO3S/c1-9(16(22)21-15-5-3-11(17)7-14(15)20)25(23,24)8-10-2-4-12(18)13(19)6-10/h2-7,9H,8H2,1H3,(H,21,22)/t9-/m0/s1. The van der Waals surface area contributed by atoms with Gasteiger partial charge in [-0.1, -0.05) is 17.7 Å². The van der Waals surface area contributed by atoms with Crippen LogP contribution in [0.25, 0.3) is 0 Å². The first-order valence-corrected chi connectivity index (χ1v) is 9.11. The molecule has 0 saturated carbocycles. The number of amides is 1. The van der Waals surface area contributed by atoms with Gasteiger partial charge in [0.15, 0.2) is 21.5 Å². The van der Waals surface area contributed by atoms with E-state index in [1.54, 1.807) is 0 Å². The molecule has 0 heterocycles. The molecule has 9 heteroatoms. The molecule has 0 fully saturated rings. The molecule has 0 aliphatic carbocycles. The van der Waals surface area contributed by atoms with Crippen molar-refractivity contribution in [2.75, 3.05) is 5.32 Å². The van der Waals surface area contributed by atoms with E-state index in [4.69, 9.17) is 11.6 Å². The first-order valence-electron chi connectivity index (χ1n) is 7.01. The number of hydrogen-bond donors (Lipinski definition) is 1. The molecule has 0 aliphatic rings. The molecular weight excluding hydrogens is 379 g/mol. The van der Waals surface area contributed by atoms with Crippen molar-refractivity contribution in [2.24, 2.45) is 0 Å². The van der Waals surface area contributed by atoms with E-state index >= 15 is 0 Å². The SMILES string of the molecule is C[C@@H](C(=O)Nc1ccc(Cl)cc1F)S(=O)(=O)Cc1ccc(F)c(F)c1. The van der Waals surface area contributed by atoms with E-state index in [9.17, 15) is 26.4 Å². The molecule has 1 amide bonds. The smallest absolute Gasteiger partial charge is 0.242 e. The minimum Gasteiger partial charge on any atom is -0.322 e. The summed E-state index contributed by atoms with van der Waals surface area (Å²) in [5.41, 5.74) is -0.222. The van der Waals surface area contributed by atoms with Gasteiger partial charge in [-0.2, -0.15) is 0 Å². The van der Waals surface area contributed by atoms with E-state index in [2.05, 4.69) is 5.32 Å². The van der Waals surface area contributed by atoms with Gasteiger partial charge in [0, 0.05) is 5.02 Å². The average Bonchev–Trinajstić information content (AvgIpc) is 2.52. The first-order chi connectivity index (χ1) is 11.6. The highest BCUT2D eigenvalue weighted by Crippen LogP contribution is 2.20. The Morgan fingerprint density at radius 2 is 1.76 bits per heavy atom. The van der Waals surface area contributed by atoms with Crippen LogP contribution >= 0.6 is 11.6 Å². The van der Waals surface area contributed by atoms with Crippen molar-refractivity contribution < 1.29 is 26.4 Å². The summed E-state index contributed by atoms with van der Waals surface area (Å²) in [6.45, 7) is 1.12. The zero-order chi connectivity index (χ0) is 18.8. The third-order valence-corrected chi connectivity index (χ3v) is 5.71. The van der Waals surface area contributed by atoms with Crippen LogP contribution in [0.5, 0.6) is 0 Å². The van der Waals surface area contributed by atoms with Crippen LogP contribution in [0.15, 0.2) is 36.4 Å². The molecule has 0 spiro atoms. The average molecular weight is 392 g/mol. The van der Waals surface area contributed by atoms with Crippen LogP contribution in [0.3, 0.4) is 0 Å². The molecule has 134 valence electrons. The largest absolute Gasteiger partial charge is 0.322 e. The van der Waals surface area contributed by atoms with E-state index in [-0.39, 0.29) is 16.3 Å². The lowest BCUT2D eigenvalue weighted by Gasteiger charge is -2.14. The van der Waals surface area contributed by atoms with Gasteiger partial charge in [-0.05, 0) is 42.8 Å². The Morgan fingerprint density at radius 1 is 1.08 bits per heavy atom. The number of benzene rings is 2. The summed E-state index contributed by atoms with van der Waals surface area (Å²) in [4.78, 5) is 12.1. The van der Waals surface area contributed by atoms with Gasteiger partial charge in [0.2, 0.25) is 5.91 Å². The quantitative estimate of drug-likeness (QED) is 0.845. The summed E-state index contributed by atoms with van der Waals surface area (Å²) in [6.07, 6.45) is 0. The third-order valence-electron chi connectivity index (χ3n) is 3.45. The van der Waals surface area contributed by atoms with Crippen LogP contribution in [0.4, 0.5) is 18.9 Å². The highest BCUT2D eigenvalue weighted by Gasteiger charge is 2.29. The molecule has 2 rings (SSSR count). The van der Waals surface area contributed by atoms with E-state index in [1.807, 2.05) is 0 Å². The fraction of sp³-hybridized carbons (Fsp3) is 0.188. The predicted octanol–water partition coefficient (Wildman–Crippen LogP) is 3.70. The Labute approximate surface area is 147 Å². The van der Waals surface area contributed by atoms with Gasteiger partial charge < -0.3 is 5.32 Å². The van der Waals surface area contributed by atoms with E-state index in [0.29, 0.717) is 0 Å². The molecule has 0 unspecified atom stereocenters. The Morgan fingerprint density at radius 3 is 2.36 bits per heavy atom. The Hall–Kier alpha value is -2.06. The second-order valence-electron chi connectivity index (χ2n) is 5.31. The molecule has 1 atom stereocenters. The molecule has 2 aromatic rings. The van der Waals surface area contributed by atoms with Crippen LogP contribution in [-0.4, -0.2) is 19.6 Å². The Bertz CT molecular complexity index is 919. The number of carbonyl (C=O) groups excluding carboxylic acids is 1. The second-order valence-corrected chi connectivity index (χ2v) is 8.07. The van der Waals surface area contributed by atoms with Crippen molar-refractivity contribution in [3.8, 4) is 0 Å². The van der Waals surface area contributed by atoms with Gasteiger partial charge >= 0.3 is 0 Å². The van der Waals surface area contributed by atoms with Gasteiger partial charge in [-0.3, -0.25) is 4.79 Å². The molecule has 0 aliphatic heterocycles. The van der Waals surface area contributed by atoms with Gasteiger partial charge in [0.05, 0.1) is 11.4 Å². The number of carbonyl (C=O) groups is 1. The fourth-order valence-corrected chi connectivity index (χ4v) is 3.41. The minimum absolute atomic E-state index is 0.00350. The topological polar surface area (TPSA) is 63.2 Å². The lowest BCUT2D eigenvalue weighted by atomic mass is 10.2. The normalized spacial score (nSPS) is 12.7. The van der Waals surface area contributed by atoms with Crippen molar-refractivity contribution in [1.82, 2.24) is 0 Å². The van der Waals surface area contributed by atoms with Gasteiger partial charge in [0.25, 0.3) is 0 Å². The van der Waals surface area contributed by atoms with E-state index in [1.165, 1.54) is 12.1 Å². The van der Waals surface area contributed by atoms with Crippen molar-refractivity contribution in [2.45, 2.75) is 17.9 Å². The number of hydrogen-bond acceptors (Lipinski definition) is 3. The molecule has 0 saturated heterocycles. The molecule has 2 aromatic carbocycles.